The molecule has 26 heavy (non-hydrogen) atoms. The van der Waals surface area contributed by atoms with Crippen molar-refractivity contribution in [1.29, 1.82) is 0 Å². The molecule has 0 aliphatic carbocycles. The Labute approximate surface area is 156 Å². The summed E-state index contributed by atoms with van der Waals surface area (Å²) < 4.78 is 5.31. The van der Waals surface area contributed by atoms with Crippen LogP contribution in [0.5, 0.6) is 5.75 Å². The van der Waals surface area contributed by atoms with Gasteiger partial charge in [0, 0.05) is 12.5 Å². The molecule has 134 valence electrons. The first-order chi connectivity index (χ1) is 12.8. The maximum Gasteiger partial charge on any atom is 0.118 e. The minimum Gasteiger partial charge on any atom is -0.497 e. The van der Waals surface area contributed by atoms with Gasteiger partial charge in [-0.05, 0) is 48.7 Å². The zero-order valence-electron chi connectivity index (χ0n) is 15.6. The van der Waals surface area contributed by atoms with Crippen molar-refractivity contribution in [3.8, 4) is 5.75 Å². The fourth-order valence-corrected chi connectivity index (χ4v) is 3.24. The molecule has 2 heteroatoms. The van der Waals surface area contributed by atoms with Gasteiger partial charge >= 0.3 is 0 Å². The highest BCUT2D eigenvalue weighted by molar-refractivity contribution is 5.37. The molecule has 1 N–H and O–H groups in total. The van der Waals surface area contributed by atoms with Crippen LogP contribution in [0.4, 0.5) is 0 Å². The molecule has 2 nitrogen and oxygen atoms in total. The second-order valence-corrected chi connectivity index (χ2v) is 6.69. The molecule has 3 rings (SSSR count). The summed E-state index contributed by atoms with van der Waals surface area (Å²) in [4.78, 5) is 0. The number of rotatable bonds is 8. The highest BCUT2D eigenvalue weighted by Crippen LogP contribution is 2.29. The zero-order valence-corrected chi connectivity index (χ0v) is 15.6. The smallest absolute Gasteiger partial charge is 0.118 e. The Hall–Kier alpha value is -2.58. The lowest BCUT2D eigenvalue weighted by Gasteiger charge is -2.19. The van der Waals surface area contributed by atoms with Gasteiger partial charge in [-0.25, -0.2) is 0 Å². The highest BCUT2D eigenvalue weighted by Gasteiger charge is 2.14. The highest BCUT2D eigenvalue weighted by atomic mass is 16.5. The average Bonchev–Trinajstić information content (AvgIpc) is 2.70. The van der Waals surface area contributed by atoms with E-state index in [1.807, 2.05) is 12.1 Å². The van der Waals surface area contributed by atoms with E-state index in [0.29, 0.717) is 5.92 Å². The molecule has 0 aromatic heterocycles. The number of aryl methyl sites for hydroxylation is 1. The van der Waals surface area contributed by atoms with Crippen LogP contribution in [0.1, 0.15) is 34.6 Å². The van der Waals surface area contributed by atoms with Gasteiger partial charge in [-0.15, -0.1) is 0 Å². The van der Waals surface area contributed by atoms with E-state index in [-0.39, 0.29) is 0 Å². The number of hydrogen-bond acceptors (Lipinski definition) is 2. The molecule has 0 fully saturated rings. The molecule has 3 aromatic carbocycles. The van der Waals surface area contributed by atoms with Crippen molar-refractivity contribution < 1.29 is 4.74 Å². The third-order valence-corrected chi connectivity index (χ3v) is 4.78. The lowest BCUT2D eigenvalue weighted by molar-refractivity contribution is 0.414. The van der Waals surface area contributed by atoms with Gasteiger partial charge in [-0.3, -0.25) is 0 Å². The Kier molecular flexibility index (Phi) is 6.45. The van der Waals surface area contributed by atoms with Crippen molar-refractivity contribution in [2.75, 3.05) is 13.7 Å². The Morgan fingerprint density at radius 3 is 2.04 bits per heavy atom. The number of hydrogen-bond donors (Lipinski definition) is 1. The topological polar surface area (TPSA) is 21.3 Å². The van der Waals surface area contributed by atoms with E-state index in [2.05, 4.69) is 79.0 Å². The van der Waals surface area contributed by atoms with Crippen LogP contribution in [0.3, 0.4) is 0 Å². The number of ether oxygens (including phenoxy) is 1. The van der Waals surface area contributed by atoms with Gasteiger partial charge in [0.2, 0.25) is 0 Å². The van der Waals surface area contributed by atoms with Gasteiger partial charge in [0.25, 0.3) is 0 Å². The van der Waals surface area contributed by atoms with Crippen LogP contribution in [-0.4, -0.2) is 13.7 Å². The third kappa shape index (κ3) is 4.96. The van der Waals surface area contributed by atoms with E-state index in [4.69, 9.17) is 4.74 Å². The van der Waals surface area contributed by atoms with Gasteiger partial charge in [-0.2, -0.15) is 0 Å². The Morgan fingerprint density at radius 1 is 0.808 bits per heavy atom. The SMILES string of the molecule is COc1ccc([C@H](CCNCc2ccccc2)c2ccc(C)cc2)cc1. The van der Waals surface area contributed by atoms with Crippen LogP contribution in [-0.2, 0) is 6.54 Å². The molecule has 0 amide bonds. The normalized spacial score (nSPS) is 11.9. The fourth-order valence-electron chi connectivity index (χ4n) is 3.24. The molecule has 0 aliphatic heterocycles. The standard InChI is InChI=1S/C24H27NO/c1-19-8-10-21(11-9-19)24(22-12-14-23(26-2)15-13-22)16-17-25-18-20-6-4-3-5-7-20/h3-15,24-25H,16-18H2,1-2H3/t24-/m1/s1. The van der Waals surface area contributed by atoms with Crippen molar-refractivity contribution in [3.05, 3.63) is 101 Å². The van der Waals surface area contributed by atoms with Crippen molar-refractivity contribution in [2.24, 2.45) is 0 Å². The first-order valence-corrected chi connectivity index (χ1v) is 9.21. The van der Waals surface area contributed by atoms with Crippen LogP contribution < -0.4 is 10.1 Å². The summed E-state index contributed by atoms with van der Waals surface area (Å²) in [6, 6.07) is 27.9. The van der Waals surface area contributed by atoms with Gasteiger partial charge in [0.1, 0.15) is 5.75 Å². The number of benzene rings is 3. The van der Waals surface area contributed by atoms with Crippen LogP contribution in [0.25, 0.3) is 0 Å². The van der Waals surface area contributed by atoms with Crippen LogP contribution in [0.15, 0.2) is 78.9 Å². The molecular weight excluding hydrogens is 318 g/mol. The second-order valence-electron chi connectivity index (χ2n) is 6.69. The molecule has 0 spiro atoms. The van der Waals surface area contributed by atoms with Crippen molar-refractivity contribution in [1.82, 2.24) is 5.32 Å². The van der Waals surface area contributed by atoms with E-state index in [1.54, 1.807) is 7.11 Å². The third-order valence-electron chi connectivity index (χ3n) is 4.78. The second kappa shape index (κ2) is 9.21. The summed E-state index contributed by atoms with van der Waals surface area (Å²) in [7, 11) is 1.71. The van der Waals surface area contributed by atoms with Crippen LogP contribution in [0, 0.1) is 6.92 Å². The molecular formula is C24H27NO. The lowest BCUT2D eigenvalue weighted by atomic mass is 9.88. The van der Waals surface area contributed by atoms with E-state index < -0.39 is 0 Å². The van der Waals surface area contributed by atoms with Crippen LogP contribution in [0.2, 0.25) is 0 Å². The lowest BCUT2D eigenvalue weighted by Crippen LogP contribution is -2.17. The maximum atomic E-state index is 5.31. The van der Waals surface area contributed by atoms with Gasteiger partial charge < -0.3 is 10.1 Å². The Bertz CT molecular complexity index is 779. The first-order valence-electron chi connectivity index (χ1n) is 9.21. The van der Waals surface area contributed by atoms with Gasteiger partial charge in [0.05, 0.1) is 7.11 Å². The van der Waals surface area contributed by atoms with Crippen molar-refractivity contribution in [2.45, 2.75) is 25.8 Å². The maximum absolute atomic E-state index is 5.31. The van der Waals surface area contributed by atoms with Crippen molar-refractivity contribution in [3.63, 3.8) is 0 Å². The summed E-state index contributed by atoms with van der Waals surface area (Å²) in [5.41, 5.74) is 5.31. The Balaban J connectivity index is 1.69. The van der Waals surface area contributed by atoms with Gasteiger partial charge in [0.15, 0.2) is 0 Å². The summed E-state index contributed by atoms with van der Waals surface area (Å²) in [6.45, 7) is 4.01. The number of methoxy groups -OCH3 is 1. The van der Waals surface area contributed by atoms with Gasteiger partial charge in [-0.1, -0.05) is 72.3 Å². The quantitative estimate of drug-likeness (QED) is 0.558. The number of nitrogens with one attached hydrogen (secondary N) is 1. The average molecular weight is 345 g/mol. The predicted molar refractivity (Wildman–Crippen MR) is 109 cm³/mol. The zero-order chi connectivity index (χ0) is 18.2. The minimum absolute atomic E-state index is 0.379. The van der Waals surface area contributed by atoms with E-state index in [1.165, 1.54) is 22.3 Å². The molecule has 0 heterocycles. The molecule has 0 saturated carbocycles. The fraction of sp³-hybridized carbons (Fsp3) is 0.250. The molecule has 0 radical (unpaired) electrons. The molecule has 1 atom stereocenters. The predicted octanol–water partition coefficient (Wildman–Crippen LogP) is 5.32. The van der Waals surface area contributed by atoms with Crippen molar-refractivity contribution >= 4 is 0 Å². The molecule has 0 saturated heterocycles. The largest absolute Gasteiger partial charge is 0.497 e. The van der Waals surface area contributed by atoms with E-state index in [9.17, 15) is 0 Å². The molecule has 0 bridgehead atoms. The van der Waals surface area contributed by atoms with E-state index >= 15 is 0 Å². The van der Waals surface area contributed by atoms with E-state index in [0.717, 1.165) is 25.3 Å². The molecule has 3 aromatic rings. The molecule has 0 aliphatic rings. The summed E-state index contributed by atoms with van der Waals surface area (Å²) in [6.07, 6.45) is 1.06. The Morgan fingerprint density at radius 2 is 1.42 bits per heavy atom. The summed E-state index contributed by atoms with van der Waals surface area (Å²) in [5, 5.41) is 3.58. The minimum atomic E-state index is 0.379. The first kappa shape index (κ1) is 18.2. The monoisotopic (exact) mass is 345 g/mol. The van der Waals surface area contributed by atoms with Crippen LogP contribution >= 0.6 is 0 Å². The molecule has 0 unspecified atom stereocenters. The summed E-state index contributed by atoms with van der Waals surface area (Å²) >= 11 is 0. The summed E-state index contributed by atoms with van der Waals surface area (Å²) in [5.74, 6) is 1.28.